The van der Waals surface area contributed by atoms with Crippen LogP contribution >= 0.6 is 0 Å². The van der Waals surface area contributed by atoms with Gasteiger partial charge in [0.1, 0.15) is 12.6 Å². The maximum atomic E-state index is 9.87. The number of carbonyl (C=O) groups excluding carboxylic acids is 2. The maximum absolute atomic E-state index is 9.87. The van der Waals surface area contributed by atoms with Crippen molar-refractivity contribution < 1.29 is 19.1 Å². The average Bonchev–Trinajstić information content (AvgIpc) is 3.44. The Balaban J connectivity index is 0.000000220. The third kappa shape index (κ3) is 8.25. The molecular weight excluding hydrogens is 280 g/mol. The number of rotatable bonds is 10. The van der Waals surface area contributed by atoms with E-state index in [0.29, 0.717) is 24.4 Å². The van der Waals surface area contributed by atoms with Gasteiger partial charge in [-0.05, 0) is 50.7 Å². The van der Waals surface area contributed by atoms with E-state index < -0.39 is 0 Å². The normalized spacial score (nSPS) is 29.2. The van der Waals surface area contributed by atoms with Gasteiger partial charge < -0.3 is 9.47 Å². The van der Waals surface area contributed by atoms with Crippen molar-refractivity contribution in [2.24, 2.45) is 0 Å². The lowest BCUT2D eigenvalue weighted by atomic mass is 10.1. The summed E-state index contributed by atoms with van der Waals surface area (Å²) in [6.07, 6.45) is 16.7. The SMILES string of the molecule is CC[C@@H]1O[C@@H]1CC/C=C/C=O.CC[C@H]1O[C@H]1CC/C=C/C=O. The quantitative estimate of drug-likeness (QED) is 0.352. The Bertz CT molecular complexity index is 339. The lowest BCUT2D eigenvalue weighted by molar-refractivity contribution is -0.104. The first kappa shape index (κ1) is 18.8. The minimum atomic E-state index is 0.469. The number of hydrogen-bond donors (Lipinski definition) is 0. The van der Waals surface area contributed by atoms with E-state index in [0.717, 1.165) is 51.1 Å². The highest BCUT2D eigenvalue weighted by Gasteiger charge is 2.36. The number of aldehydes is 2. The fourth-order valence-electron chi connectivity index (χ4n) is 2.41. The minimum Gasteiger partial charge on any atom is -0.370 e. The summed E-state index contributed by atoms with van der Waals surface area (Å²) in [5.41, 5.74) is 0. The summed E-state index contributed by atoms with van der Waals surface area (Å²) in [4.78, 5) is 19.7. The highest BCUT2D eigenvalue weighted by molar-refractivity contribution is 5.64. The highest BCUT2D eigenvalue weighted by atomic mass is 16.6. The Morgan fingerprint density at radius 3 is 1.41 bits per heavy atom. The fraction of sp³-hybridized carbons (Fsp3) is 0.667. The molecule has 2 aliphatic heterocycles. The molecule has 0 unspecified atom stereocenters. The molecule has 0 aromatic carbocycles. The van der Waals surface area contributed by atoms with E-state index in [1.165, 1.54) is 0 Å². The van der Waals surface area contributed by atoms with Gasteiger partial charge in [0, 0.05) is 0 Å². The molecule has 2 heterocycles. The minimum absolute atomic E-state index is 0.469. The first-order valence-electron chi connectivity index (χ1n) is 8.28. The third-order valence-corrected chi connectivity index (χ3v) is 3.85. The second-order valence-corrected chi connectivity index (χ2v) is 5.53. The second-order valence-electron chi connectivity index (χ2n) is 5.53. The molecule has 0 aliphatic carbocycles. The number of hydrogen-bond acceptors (Lipinski definition) is 4. The average molecular weight is 308 g/mol. The number of allylic oxidation sites excluding steroid dienone is 4. The molecule has 0 aromatic rings. The molecule has 2 saturated heterocycles. The van der Waals surface area contributed by atoms with E-state index in [9.17, 15) is 9.59 Å². The van der Waals surface area contributed by atoms with Crippen molar-refractivity contribution in [2.75, 3.05) is 0 Å². The first-order chi connectivity index (χ1) is 10.8. The molecule has 0 spiro atoms. The second kappa shape index (κ2) is 11.3. The molecule has 0 N–H and O–H groups in total. The van der Waals surface area contributed by atoms with E-state index in [4.69, 9.17) is 9.47 Å². The lowest BCUT2D eigenvalue weighted by Gasteiger charge is -1.86. The molecule has 2 rings (SSSR count). The zero-order chi connectivity index (χ0) is 16.2. The van der Waals surface area contributed by atoms with Crippen molar-refractivity contribution in [3.8, 4) is 0 Å². The highest BCUT2D eigenvalue weighted by Crippen LogP contribution is 2.29. The summed E-state index contributed by atoms with van der Waals surface area (Å²) in [7, 11) is 0. The van der Waals surface area contributed by atoms with Crippen molar-refractivity contribution >= 4 is 12.6 Å². The van der Waals surface area contributed by atoms with Crippen LogP contribution in [0.4, 0.5) is 0 Å². The van der Waals surface area contributed by atoms with Crippen LogP contribution in [0.1, 0.15) is 52.4 Å². The van der Waals surface area contributed by atoms with Crippen LogP contribution in [0.3, 0.4) is 0 Å². The van der Waals surface area contributed by atoms with Gasteiger partial charge in [-0.1, -0.05) is 26.0 Å². The van der Waals surface area contributed by atoms with Gasteiger partial charge in [0.25, 0.3) is 0 Å². The summed E-state index contributed by atoms with van der Waals surface area (Å²) in [6.45, 7) is 4.26. The van der Waals surface area contributed by atoms with E-state index in [2.05, 4.69) is 13.8 Å². The monoisotopic (exact) mass is 308 g/mol. The molecular formula is C18H28O4. The van der Waals surface area contributed by atoms with Gasteiger partial charge in [-0.25, -0.2) is 0 Å². The van der Waals surface area contributed by atoms with Gasteiger partial charge >= 0.3 is 0 Å². The molecule has 0 bridgehead atoms. The van der Waals surface area contributed by atoms with Gasteiger partial charge in [0.05, 0.1) is 24.4 Å². The predicted octanol–water partition coefficient (Wildman–Crippen LogP) is 3.40. The number of carbonyl (C=O) groups is 2. The smallest absolute Gasteiger partial charge is 0.142 e. The predicted molar refractivity (Wildman–Crippen MR) is 86.8 cm³/mol. The van der Waals surface area contributed by atoms with Crippen LogP contribution < -0.4 is 0 Å². The first-order valence-corrected chi connectivity index (χ1v) is 8.28. The molecule has 2 fully saturated rings. The van der Waals surface area contributed by atoms with Crippen LogP contribution in [-0.4, -0.2) is 37.0 Å². The van der Waals surface area contributed by atoms with Crippen LogP contribution in [0.15, 0.2) is 24.3 Å². The Labute approximate surface area is 133 Å². The van der Waals surface area contributed by atoms with Crippen molar-refractivity contribution in [2.45, 2.75) is 76.8 Å². The summed E-state index contributed by atoms with van der Waals surface area (Å²) in [5, 5.41) is 0. The topological polar surface area (TPSA) is 59.2 Å². The summed E-state index contributed by atoms with van der Waals surface area (Å²) in [5.74, 6) is 0. The van der Waals surface area contributed by atoms with Gasteiger partial charge in [0.15, 0.2) is 0 Å². The largest absolute Gasteiger partial charge is 0.370 e. The van der Waals surface area contributed by atoms with Crippen LogP contribution in [0.2, 0.25) is 0 Å². The van der Waals surface area contributed by atoms with E-state index in [1.807, 2.05) is 12.2 Å². The van der Waals surface area contributed by atoms with Crippen molar-refractivity contribution in [1.29, 1.82) is 0 Å². The van der Waals surface area contributed by atoms with Gasteiger partial charge in [0.2, 0.25) is 0 Å². The Hall–Kier alpha value is -1.26. The summed E-state index contributed by atoms with van der Waals surface area (Å²) in [6, 6.07) is 0. The molecule has 0 radical (unpaired) electrons. The molecule has 4 atom stereocenters. The van der Waals surface area contributed by atoms with Crippen LogP contribution in [-0.2, 0) is 19.1 Å². The number of epoxide rings is 2. The molecule has 0 amide bonds. The number of ether oxygens (including phenoxy) is 2. The standard InChI is InChI=1S/2C9H14O2/c2*1-2-8-9(11-8)6-4-3-5-7-10/h2*3,5,7-9H,2,4,6H2,1H3/b2*5-3+/t2*8-,9+/m10/s1. The molecule has 22 heavy (non-hydrogen) atoms. The fourth-order valence-corrected chi connectivity index (χ4v) is 2.41. The zero-order valence-electron chi connectivity index (χ0n) is 13.6. The van der Waals surface area contributed by atoms with E-state index >= 15 is 0 Å². The Morgan fingerprint density at radius 1 is 0.727 bits per heavy atom. The zero-order valence-corrected chi connectivity index (χ0v) is 13.6. The molecule has 4 heteroatoms. The maximum Gasteiger partial charge on any atom is 0.142 e. The van der Waals surface area contributed by atoms with E-state index in [1.54, 1.807) is 12.2 Å². The van der Waals surface area contributed by atoms with Crippen molar-refractivity contribution in [3.05, 3.63) is 24.3 Å². The van der Waals surface area contributed by atoms with Gasteiger partial charge in [-0.15, -0.1) is 0 Å². The lowest BCUT2D eigenvalue weighted by Crippen LogP contribution is -1.90. The molecule has 0 saturated carbocycles. The summed E-state index contributed by atoms with van der Waals surface area (Å²) >= 11 is 0. The molecule has 2 aliphatic rings. The summed E-state index contributed by atoms with van der Waals surface area (Å²) < 4.78 is 10.6. The van der Waals surface area contributed by atoms with Crippen LogP contribution in [0.5, 0.6) is 0 Å². The Kier molecular flexibility index (Phi) is 9.67. The van der Waals surface area contributed by atoms with Crippen molar-refractivity contribution in [3.63, 3.8) is 0 Å². The molecule has 124 valence electrons. The van der Waals surface area contributed by atoms with Crippen LogP contribution in [0.25, 0.3) is 0 Å². The molecule has 0 aromatic heterocycles. The third-order valence-electron chi connectivity index (χ3n) is 3.85. The van der Waals surface area contributed by atoms with Gasteiger partial charge in [-0.2, -0.15) is 0 Å². The Morgan fingerprint density at radius 2 is 1.14 bits per heavy atom. The van der Waals surface area contributed by atoms with Gasteiger partial charge in [-0.3, -0.25) is 9.59 Å². The van der Waals surface area contributed by atoms with E-state index in [-0.39, 0.29) is 0 Å². The molecule has 4 nitrogen and oxygen atoms in total. The van der Waals surface area contributed by atoms with Crippen LogP contribution in [0, 0.1) is 0 Å². The van der Waals surface area contributed by atoms with Crippen molar-refractivity contribution in [1.82, 2.24) is 0 Å².